The van der Waals surface area contributed by atoms with Crippen molar-refractivity contribution in [2.75, 3.05) is 19.0 Å². The largest absolute Gasteiger partial charge is 0.480 e. The molecule has 1 N–H and O–H groups in total. The molecule has 1 fully saturated rings. The van der Waals surface area contributed by atoms with Gasteiger partial charge in [-0.05, 0) is 39.2 Å². The number of nitrogens with zero attached hydrogens (tertiary/aromatic N) is 8. The Morgan fingerprint density at radius 3 is 2.45 bits per heavy atom. The summed E-state index contributed by atoms with van der Waals surface area (Å²) in [5.41, 5.74) is 3.80. The Bertz CT molecular complexity index is 1720. The Morgan fingerprint density at radius 1 is 1.07 bits per heavy atom. The van der Waals surface area contributed by atoms with Gasteiger partial charge in [0, 0.05) is 48.3 Å². The average molecular weight is 604 g/mol. The molecule has 0 radical (unpaired) electrons. The molecule has 1 unspecified atom stereocenters. The lowest BCUT2D eigenvalue weighted by molar-refractivity contribution is -0.140. The number of halogens is 3. The van der Waals surface area contributed by atoms with Gasteiger partial charge in [-0.3, -0.25) is 0 Å². The van der Waals surface area contributed by atoms with E-state index in [1.807, 2.05) is 32.9 Å². The molecule has 1 atom stereocenters. The van der Waals surface area contributed by atoms with E-state index in [0.29, 0.717) is 54.1 Å². The van der Waals surface area contributed by atoms with E-state index in [9.17, 15) is 18.4 Å². The summed E-state index contributed by atoms with van der Waals surface area (Å²) in [5, 5.41) is 13.1. The molecule has 0 spiro atoms. The van der Waals surface area contributed by atoms with Crippen molar-refractivity contribution in [3.8, 4) is 34.8 Å². The minimum atomic E-state index is -4.53. The molecule has 0 amide bonds. The molecule has 1 aliphatic heterocycles. The van der Waals surface area contributed by atoms with Gasteiger partial charge in [0.25, 0.3) is 0 Å². The maximum atomic E-state index is 13.4. The van der Waals surface area contributed by atoms with E-state index in [1.54, 1.807) is 24.1 Å². The van der Waals surface area contributed by atoms with E-state index in [1.165, 1.54) is 10.9 Å². The van der Waals surface area contributed by atoms with Crippen LogP contribution in [0.1, 0.15) is 79.8 Å². The number of hydrogen-bond acceptors (Lipinski definition) is 9. The maximum Gasteiger partial charge on any atom is 0.434 e. The lowest BCUT2D eigenvalue weighted by Gasteiger charge is -2.27. The van der Waals surface area contributed by atoms with Crippen molar-refractivity contribution in [3.05, 3.63) is 65.0 Å². The van der Waals surface area contributed by atoms with Crippen molar-refractivity contribution in [1.82, 2.24) is 34.4 Å². The Balaban J connectivity index is 1.35. The van der Waals surface area contributed by atoms with Crippen LogP contribution in [-0.2, 0) is 19.1 Å². The second kappa shape index (κ2) is 11.4. The number of imidazole rings is 1. The number of hydrogen-bond donors (Lipinski definition) is 1. The van der Waals surface area contributed by atoms with Crippen molar-refractivity contribution in [1.29, 1.82) is 5.26 Å². The minimum absolute atomic E-state index is 0.200. The molecule has 3 aromatic heterocycles. The fourth-order valence-electron chi connectivity index (χ4n) is 5.49. The third-order valence-electron chi connectivity index (χ3n) is 8.03. The van der Waals surface area contributed by atoms with Gasteiger partial charge in [0.05, 0.1) is 25.0 Å². The molecule has 1 saturated carbocycles. The molecule has 2 aliphatic rings. The van der Waals surface area contributed by atoms with Crippen LogP contribution in [-0.4, -0.2) is 48.0 Å². The number of nitriles is 1. The Kier molecular flexibility index (Phi) is 7.61. The van der Waals surface area contributed by atoms with E-state index in [2.05, 4.69) is 26.5 Å². The van der Waals surface area contributed by atoms with Gasteiger partial charge in [0.15, 0.2) is 17.7 Å². The number of fused-ring (bicyclic) bond motifs is 1. The highest BCUT2D eigenvalue weighted by Gasteiger charge is 2.36. The topological polar surface area (TPSA) is 118 Å². The van der Waals surface area contributed by atoms with E-state index < -0.39 is 11.9 Å². The fourth-order valence-corrected chi connectivity index (χ4v) is 5.49. The first-order chi connectivity index (χ1) is 21.1. The van der Waals surface area contributed by atoms with Gasteiger partial charge in [-0.15, -0.1) is 0 Å². The zero-order valence-electron chi connectivity index (χ0n) is 24.9. The van der Waals surface area contributed by atoms with Gasteiger partial charge in [-0.2, -0.15) is 18.4 Å². The van der Waals surface area contributed by atoms with Crippen LogP contribution in [0, 0.1) is 11.5 Å². The fraction of sp³-hybridized carbons (Fsp3) is 0.419. The number of aromatic nitrogens is 6. The first-order valence-corrected chi connectivity index (χ1v) is 14.5. The number of methoxy groups -OCH3 is 1. The van der Waals surface area contributed by atoms with Crippen LogP contribution in [0.25, 0.3) is 22.8 Å². The van der Waals surface area contributed by atoms with Crippen LogP contribution < -0.4 is 10.1 Å². The molecule has 0 saturated heterocycles. The number of alkyl halides is 3. The minimum Gasteiger partial charge on any atom is -0.480 e. The van der Waals surface area contributed by atoms with Crippen molar-refractivity contribution in [3.63, 3.8) is 0 Å². The van der Waals surface area contributed by atoms with Crippen molar-refractivity contribution < 1.29 is 17.9 Å². The monoisotopic (exact) mass is 603 g/mol. The van der Waals surface area contributed by atoms with Crippen molar-refractivity contribution in [2.45, 2.75) is 70.8 Å². The van der Waals surface area contributed by atoms with Crippen LogP contribution in [0.2, 0.25) is 0 Å². The molecular weight excluding hydrogens is 571 g/mol. The molecule has 44 heavy (non-hydrogen) atoms. The third kappa shape index (κ3) is 5.64. The summed E-state index contributed by atoms with van der Waals surface area (Å²) in [6.45, 7) is 6.54. The van der Waals surface area contributed by atoms with E-state index in [0.717, 1.165) is 41.6 Å². The Morgan fingerprint density at radius 2 is 1.82 bits per heavy atom. The van der Waals surface area contributed by atoms with Gasteiger partial charge in [-0.1, -0.05) is 24.3 Å². The highest BCUT2D eigenvalue weighted by Crippen LogP contribution is 2.45. The second-order valence-electron chi connectivity index (χ2n) is 11.4. The summed E-state index contributed by atoms with van der Waals surface area (Å²) >= 11 is 0. The van der Waals surface area contributed by atoms with E-state index in [4.69, 9.17) is 14.7 Å². The second-order valence-corrected chi connectivity index (χ2v) is 11.4. The summed E-state index contributed by atoms with van der Waals surface area (Å²) in [6.07, 6.45) is 2.90. The number of anilines is 1. The van der Waals surface area contributed by atoms with Crippen molar-refractivity contribution >= 4 is 5.82 Å². The molecule has 4 heterocycles. The van der Waals surface area contributed by atoms with Gasteiger partial charge in [0.2, 0.25) is 5.88 Å². The molecular formula is C31H32F3N9O. The standard InChI is InChI=1S/C31H32F3N9O/c1-17(2)43-14-24(31(32,33)34)40-29(43)21-9-5-19(6-10-21)18(3)38-27-22-13-42(15-35)12-11-23(22)39-28(41-27)25-26(20-7-8-20)36-16-37-30(25)44-4/h5-6,9-10,14,16-18,20H,7-8,11-13H2,1-4H3,(H,38,39,41). The lowest BCUT2D eigenvalue weighted by Crippen LogP contribution is -2.29. The number of ether oxygens (including phenoxy) is 1. The van der Waals surface area contributed by atoms with Crippen LogP contribution in [0.3, 0.4) is 0 Å². The number of rotatable bonds is 8. The molecule has 4 aromatic rings. The molecule has 6 rings (SSSR count). The molecule has 228 valence electrons. The van der Waals surface area contributed by atoms with Crippen LogP contribution >= 0.6 is 0 Å². The number of nitrogens with one attached hydrogen (secondary N) is 1. The van der Waals surface area contributed by atoms with Gasteiger partial charge < -0.3 is 19.5 Å². The number of benzene rings is 1. The molecule has 1 aromatic carbocycles. The molecule has 10 nitrogen and oxygen atoms in total. The zero-order chi connectivity index (χ0) is 31.2. The normalized spacial score (nSPS) is 15.6. The summed E-state index contributed by atoms with van der Waals surface area (Å²) in [4.78, 5) is 24.3. The summed E-state index contributed by atoms with van der Waals surface area (Å²) in [5.74, 6) is 2.05. The Labute approximate surface area is 253 Å². The predicted octanol–water partition coefficient (Wildman–Crippen LogP) is 6.30. The summed E-state index contributed by atoms with van der Waals surface area (Å²) in [6, 6.07) is 6.86. The average Bonchev–Trinajstić information content (AvgIpc) is 3.76. The Hall–Kier alpha value is -4.73. The maximum absolute atomic E-state index is 13.4. The SMILES string of the molecule is COc1ncnc(C2CC2)c1-c1nc2c(c(NC(C)c3ccc(-c4nc(C(F)(F)F)cn4C(C)C)cc3)n1)CN(C#N)CC2. The molecule has 1 aliphatic carbocycles. The molecule has 0 bridgehead atoms. The third-order valence-corrected chi connectivity index (χ3v) is 8.03. The highest BCUT2D eigenvalue weighted by molar-refractivity contribution is 5.68. The van der Waals surface area contributed by atoms with Gasteiger partial charge >= 0.3 is 6.18 Å². The predicted molar refractivity (Wildman–Crippen MR) is 156 cm³/mol. The first kappa shape index (κ1) is 29.3. The zero-order valence-corrected chi connectivity index (χ0v) is 24.9. The van der Waals surface area contributed by atoms with Crippen LogP contribution in [0.4, 0.5) is 19.0 Å². The van der Waals surface area contributed by atoms with Crippen LogP contribution in [0.15, 0.2) is 36.8 Å². The van der Waals surface area contributed by atoms with E-state index >= 15 is 0 Å². The highest BCUT2D eigenvalue weighted by atomic mass is 19.4. The van der Waals surface area contributed by atoms with E-state index in [-0.39, 0.29) is 17.9 Å². The summed E-state index contributed by atoms with van der Waals surface area (Å²) in [7, 11) is 1.56. The lowest BCUT2D eigenvalue weighted by atomic mass is 10.0. The van der Waals surface area contributed by atoms with Crippen LogP contribution in [0.5, 0.6) is 5.88 Å². The molecule has 13 heteroatoms. The first-order valence-electron chi connectivity index (χ1n) is 14.5. The van der Waals surface area contributed by atoms with Crippen molar-refractivity contribution in [2.24, 2.45) is 0 Å². The van der Waals surface area contributed by atoms with Gasteiger partial charge in [0.1, 0.15) is 23.5 Å². The quantitative estimate of drug-likeness (QED) is 0.232. The summed E-state index contributed by atoms with van der Waals surface area (Å²) < 4.78 is 47.4. The van der Waals surface area contributed by atoms with Gasteiger partial charge in [-0.25, -0.2) is 24.9 Å². The smallest absolute Gasteiger partial charge is 0.434 e.